The van der Waals surface area contributed by atoms with Gasteiger partial charge in [0.2, 0.25) is 12.7 Å². The van der Waals surface area contributed by atoms with Crippen LogP contribution in [-0.2, 0) is 47.4 Å². The van der Waals surface area contributed by atoms with Crippen molar-refractivity contribution in [3.8, 4) is 0 Å². The number of unbranched alkanes of at least 4 members (excludes halogenated alkanes) is 1. The van der Waals surface area contributed by atoms with Crippen LogP contribution < -0.4 is 9.13 Å². The zero-order valence-electron chi connectivity index (χ0n) is 16.6. The molecular formula is C14H20F6N4O6S2. The molecule has 0 aliphatic carbocycles. The normalized spacial score (nSPS) is 12.4. The fourth-order valence-electron chi connectivity index (χ4n) is 1.86. The highest BCUT2D eigenvalue weighted by Crippen LogP contribution is 2.21. The standard InChI is InChI=1S/C12H20N4.2CHF3O3S/c1-13-7-9-15(11-13)5-3-4-6-16-10-8-14(2)12-16;2*2-1(3,4)8(5,6)7/h7-12H,3-6H2,1-2H3;2*(H,5,6,7)/q+2;;/p-2. The van der Waals surface area contributed by atoms with Gasteiger partial charge in [-0.1, -0.05) is 0 Å². The van der Waals surface area contributed by atoms with E-state index in [0.717, 1.165) is 13.1 Å². The molecule has 0 saturated heterocycles. The molecule has 186 valence electrons. The Kier molecular flexibility index (Phi) is 10.8. The number of halogens is 6. The van der Waals surface area contributed by atoms with E-state index in [4.69, 9.17) is 25.9 Å². The summed E-state index contributed by atoms with van der Waals surface area (Å²) in [6.07, 6.45) is 15.1. The second-order valence-electron chi connectivity index (χ2n) is 6.14. The quantitative estimate of drug-likeness (QED) is 0.186. The first-order valence-electron chi connectivity index (χ1n) is 8.30. The minimum atomic E-state index is -6.09. The molecular weight excluding hydrogens is 498 g/mol. The summed E-state index contributed by atoms with van der Waals surface area (Å²) in [7, 11) is -8.08. The van der Waals surface area contributed by atoms with Crippen LogP contribution in [0.1, 0.15) is 12.8 Å². The van der Waals surface area contributed by atoms with Crippen molar-refractivity contribution < 1.29 is 61.4 Å². The number of imidazole rings is 2. The summed E-state index contributed by atoms with van der Waals surface area (Å²) in [6.45, 7) is 2.21. The van der Waals surface area contributed by atoms with Gasteiger partial charge in [-0.2, -0.15) is 26.3 Å². The van der Waals surface area contributed by atoms with Crippen molar-refractivity contribution in [3.63, 3.8) is 0 Å². The Labute approximate surface area is 179 Å². The van der Waals surface area contributed by atoms with Gasteiger partial charge in [0.25, 0.3) is 0 Å². The molecule has 0 aliphatic rings. The molecule has 0 radical (unpaired) electrons. The third kappa shape index (κ3) is 12.0. The molecule has 32 heavy (non-hydrogen) atoms. The summed E-state index contributed by atoms with van der Waals surface area (Å²) in [5.74, 6) is 0. The molecule has 0 aromatic carbocycles. The minimum Gasteiger partial charge on any atom is -0.741 e. The molecule has 2 aromatic heterocycles. The van der Waals surface area contributed by atoms with E-state index >= 15 is 0 Å². The third-order valence-electron chi connectivity index (χ3n) is 3.30. The van der Waals surface area contributed by atoms with Gasteiger partial charge >= 0.3 is 11.0 Å². The molecule has 0 N–H and O–H groups in total. The van der Waals surface area contributed by atoms with E-state index in [1.165, 1.54) is 12.8 Å². The zero-order chi connectivity index (χ0) is 25.4. The maximum Gasteiger partial charge on any atom is 0.485 e. The monoisotopic (exact) mass is 518 g/mol. The van der Waals surface area contributed by atoms with Crippen LogP contribution in [0.25, 0.3) is 0 Å². The van der Waals surface area contributed by atoms with Gasteiger partial charge in [-0.3, -0.25) is 0 Å². The van der Waals surface area contributed by atoms with E-state index in [-0.39, 0.29) is 0 Å². The van der Waals surface area contributed by atoms with Gasteiger partial charge in [-0.25, -0.2) is 35.1 Å². The molecule has 0 atom stereocenters. The Bertz CT molecular complexity index is 960. The van der Waals surface area contributed by atoms with Crippen LogP contribution >= 0.6 is 0 Å². The lowest BCUT2D eigenvalue weighted by Gasteiger charge is -2.08. The lowest BCUT2D eigenvalue weighted by molar-refractivity contribution is -0.671. The molecule has 0 spiro atoms. The van der Waals surface area contributed by atoms with Gasteiger partial charge in [0, 0.05) is 0 Å². The highest BCUT2D eigenvalue weighted by molar-refractivity contribution is 7.86. The van der Waals surface area contributed by atoms with E-state index in [0.29, 0.717) is 0 Å². The topological polar surface area (TPSA) is 132 Å². The number of nitrogens with zero attached hydrogens (tertiary/aromatic N) is 4. The average Bonchev–Trinajstić information content (AvgIpc) is 3.17. The average molecular weight is 518 g/mol. The molecule has 0 amide bonds. The van der Waals surface area contributed by atoms with Crippen LogP contribution in [0.4, 0.5) is 26.3 Å². The molecule has 18 heteroatoms. The predicted octanol–water partition coefficient (Wildman–Crippen LogP) is 0.522. The van der Waals surface area contributed by atoms with E-state index in [1.807, 2.05) is 0 Å². The first-order valence-corrected chi connectivity index (χ1v) is 11.1. The smallest absolute Gasteiger partial charge is 0.485 e. The number of hydrogen-bond donors (Lipinski definition) is 0. The van der Waals surface area contributed by atoms with Crippen LogP contribution in [0.5, 0.6) is 0 Å². The fourth-order valence-corrected chi connectivity index (χ4v) is 1.86. The Morgan fingerprint density at radius 3 is 1.12 bits per heavy atom. The van der Waals surface area contributed by atoms with Gasteiger partial charge < -0.3 is 9.11 Å². The molecule has 0 aliphatic heterocycles. The summed E-state index contributed by atoms with van der Waals surface area (Å²) < 4.78 is 126. The molecule has 0 bridgehead atoms. The van der Waals surface area contributed by atoms with Gasteiger partial charge in [0.05, 0.1) is 27.2 Å². The highest BCUT2D eigenvalue weighted by atomic mass is 32.2. The van der Waals surface area contributed by atoms with E-state index < -0.39 is 31.3 Å². The Hall–Kier alpha value is -2.18. The number of aryl methyl sites for hydroxylation is 4. The number of alkyl halides is 6. The molecule has 2 heterocycles. The summed E-state index contributed by atoms with van der Waals surface area (Å²) in [6, 6.07) is 0. The van der Waals surface area contributed by atoms with E-state index in [2.05, 4.69) is 69.8 Å². The van der Waals surface area contributed by atoms with Crippen LogP contribution in [0.3, 0.4) is 0 Å². The molecule has 10 nitrogen and oxygen atoms in total. The molecule has 0 saturated carbocycles. The van der Waals surface area contributed by atoms with Gasteiger partial charge in [-0.15, -0.1) is 0 Å². The predicted molar refractivity (Wildman–Crippen MR) is 92.0 cm³/mol. The second-order valence-corrected chi connectivity index (χ2v) is 8.88. The number of rotatable bonds is 5. The largest absolute Gasteiger partial charge is 0.741 e. The van der Waals surface area contributed by atoms with Crippen molar-refractivity contribution in [2.24, 2.45) is 14.1 Å². The van der Waals surface area contributed by atoms with Gasteiger partial charge in [0.15, 0.2) is 20.2 Å². The summed E-state index contributed by atoms with van der Waals surface area (Å²) >= 11 is 0. The molecule has 0 fully saturated rings. The molecule has 2 rings (SSSR count). The van der Waals surface area contributed by atoms with Crippen molar-refractivity contribution in [2.45, 2.75) is 36.9 Å². The van der Waals surface area contributed by atoms with Crippen molar-refractivity contribution >= 4 is 20.2 Å². The second kappa shape index (κ2) is 11.6. The third-order valence-corrected chi connectivity index (χ3v) is 4.43. The van der Waals surface area contributed by atoms with Crippen molar-refractivity contribution in [1.82, 2.24) is 9.13 Å². The van der Waals surface area contributed by atoms with Crippen LogP contribution in [0.2, 0.25) is 0 Å². The summed E-state index contributed by atoms with van der Waals surface area (Å²) in [5.41, 5.74) is -11.3. The first-order chi connectivity index (χ1) is 14.2. The maximum absolute atomic E-state index is 10.7. The Morgan fingerprint density at radius 2 is 0.969 bits per heavy atom. The number of hydrogen-bond acceptors (Lipinski definition) is 6. The zero-order valence-corrected chi connectivity index (χ0v) is 18.2. The van der Waals surface area contributed by atoms with Gasteiger partial charge in [0.1, 0.15) is 24.8 Å². The van der Waals surface area contributed by atoms with Crippen molar-refractivity contribution in [3.05, 3.63) is 37.4 Å². The molecule has 2 aromatic rings. The fraction of sp³-hybridized carbons (Fsp3) is 0.571. The highest BCUT2D eigenvalue weighted by Gasteiger charge is 2.37. The minimum absolute atomic E-state index is 1.11. The van der Waals surface area contributed by atoms with Crippen molar-refractivity contribution in [1.29, 1.82) is 0 Å². The van der Waals surface area contributed by atoms with Crippen LogP contribution in [0, 0.1) is 0 Å². The summed E-state index contributed by atoms with van der Waals surface area (Å²) in [4.78, 5) is 0. The molecule has 0 unspecified atom stereocenters. The van der Waals surface area contributed by atoms with E-state index in [1.54, 1.807) is 0 Å². The Morgan fingerprint density at radius 1 is 0.719 bits per heavy atom. The maximum atomic E-state index is 10.7. The Balaban J connectivity index is 0.000000510. The lowest BCUT2D eigenvalue weighted by Crippen LogP contribution is -2.24. The summed E-state index contributed by atoms with van der Waals surface area (Å²) in [5, 5.41) is 0. The van der Waals surface area contributed by atoms with Crippen LogP contribution in [-0.4, -0.2) is 46.1 Å². The first kappa shape index (κ1) is 29.8. The van der Waals surface area contributed by atoms with E-state index in [9.17, 15) is 26.3 Å². The number of aromatic nitrogens is 4. The SMILES string of the molecule is C[n+]1ccn(CCCCn2cc[n+](C)c2)c1.O=S(=O)([O-])C(F)(F)F.O=S(=O)([O-])C(F)(F)F. The van der Waals surface area contributed by atoms with Crippen molar-refractivity contribution in [2.75, 3.05) is 0 Å². The lowest BCUT2D eigenvalue weighted by atomic mass is 10.3. The van der Waals surface area contributed by atoms with Gasteiger partial charge in [-0.05, 0) is 12.8 Å². The van der Waals surface area contributed by atoms with Crippen LogP contribution in [0.15, 0.2) is 37.4 Å².